The van der Waals surface area contributed by atoms with E-state index in [1.54, 1.807) is 0 Å². The van der Waals surface area contributed by atoms with E-state index in [1.165, 1.54) is 34.4 Å². The molecular formula is C18H22N2. The van der Waals surface area contributed by atoms with Crippen LogP contribution in [-0.2, 0) is 19.4 Å². The molecule has 2 aromatic rings. The van der Waals surface area contributed by atoms with Gasteiger partial charge in [-0.15, -0.1) is 0 Å². The summed E-state index contributed by atoms with van der Waals surface area (Å²) < 4.78 is 0. The van der Waals surface area contributed by atoms with Gasteiger partial charge in [-0.1, -0.05) is 42.0 Å². The van der Waals surface area contributed by atoms with Gasteiger partial charge < -0.3 is 10.6 Å². The lowest BCUT2D eigenvalue weighted by atomic mass is 10.1. The Labute approximate surface area is 121 Å². The van der Waals surface area contributed by atoms with E-state index in [1.807, 2.05) is 0 Å². The minimum atomic E-state index is 0.951. The number of nitrogens with one attached hydrogen (secondary N) is 2. The van der Waals surface area contributed by atoms with Crippen LogP contribution in [0.15, 0.2) is 42.5 Å². The summed E-state index contributed by atoms with van der Waals surface area (Å²) in [5.74, 6) is 0. The first-order valence-electron chi connectivity index (χ1n) is 7.43. The van der Waals surface area contributed by atoms with E-state index in [9.17, 15) is 0 Å². The Morgan fingerprint density at radius 1 is 1.05 bits per heavy atom. The zero-order valence-corrected chi connectivity index (χ0v) is 12.1. The average molecular weight is 266 g/mol. The Hall–Kier alpha value is -1.80. The van der Waals surface area contributed by atoms with Crippen LogP contribution in [0.3, 0.4) is 0 Å². The highest BCUT2D eigenvalue weighted by molar-refractivity contribution is 5.56. The van der Waals surface area contributed by atoms with Crippen LogP contribution < -0.4 is 10.6 Å². The van der Waals surface area contributed by atoms with Crippen LogP contribution >= 0.6 is 0 Å². The molecule has 104 valence electrons. The maximum Gasteiger partial charge on any atom is 0.0373 e. The van der Waals surface area contributed by atoms with Crippen LogP contribution in [0.4, 0.5) is 5.69 Å². The molecule has 3 rings (SSSR count). The maximum absolute atomic E-state index is 3.52. The minimum Gasteiger partial charge on any atom is -0.384 e. The van der Waals surface area contributed by atoms with Gasteiger partial charge in [-0.25, -0.2) is 0 Å². The summed E-state index contributed by atoms with van der Waals surface area (Å²) in [5.41, 5.74) is 6.90. The highest BCUT2D eigenvalue weighted by Crippen LogP contribution is 2.23. The normalized spacial score (nSPS) is 13.1. The van der Waals surface area contributed by atoms with E-state index in [0.29, 0.717) is 0 Å². The molecule has 2 N–H and O–H groups in total. The van der Waals surface area contributed by atoms with Crippen LogP contribution in [0.5, 0.6) is 0 Å². The topological polar surface area (TPSA) is 24.1 Å². The van der Waals surface area contributed by atoms with Crippen molar-refractivity contribution in [2.45, 2.75) is 26.3 Å². The van der Waals surface area contributed by atoms with Gasteiger partial charge in [-0.3, -0.25) is 0 Å². The Kier molecular flexibility index (Phi) is 4.03. The first-order chi connectivity index (χ1) is 9.81. The molecule has 1 heterocycles. The molecule has 0 aliphatic carbocycles. The maximum atomic E-state index is 3.52. The van der Waals surface area contributed by atoms with Gasteiger partial charge in [-0.05, 0) is 49.1 Å². The fraction of sp³-hybridized carbons (Fsp3) is 0.333. The van der Waals surface area contributed by atoms with Crippen molar-refractivity contribution < 1.29 is 0 Å². The Bertz CT molecular complexity index is 572. The van der Waals surface area contributed by atoms with Crippen molar-refractivity contribution in [3.63, 3.8) is 0 Å². The second-order valence-corrected chi connectivity index (χ2v) is 5.58. The third-order valence-corrected chi connectivity index (χ3v) is 3.92. The van der Waals surface area contributed by atoms with Gasteiger partial charge in [0.1, 0.15) is 0 Å². The molecule has 20 heavy (non-hydrogen) atoms. The third kappa shape index (κ3) is 3.20. The van der Waals surface area contributed by atoms with Crippen molar-refractivity contribution in [3.05, 3.63) is 64.7 Å². The largest absolute Gasteiger partial charge is 0.384 e. The summed E-state index contributed by atoms with van der Waals surface area (Å²) >= 11 is 0. The lowest BCUT2D eigenvalue weighted by molar-refractivity contribution is 0.686. The number of rotatable bonds is 5. The summed E-state index contributed by atoms with van der Waals surface area (Å²) in [5, 5.41) is 6.93. The molecule has 2 aromatic carbocycles. The summed E-state index contributed by atoms with van der Waals surface area (Å²) in [6.45, 7) is 5.19. The van der Waals surface area contributed by atoms with Crippen LogP contribution in [0.2, 0.25) is 0 Å². The van der Waals surface area contributed by atoms with E-state index in [-0.39, 0.29) is 0 Å². The van der Waals surface area contributed by atoms with Crippen molar-refractivity contribution >= 4 is 5.69 Å². The van der Waals surface area contributed by atoms with Crippen LogP contribution in [0, 0.1) is 6.92 Å². The molecule has 0 spiro atoms. The third-order valence-electron chi connectivity index (χ3n) is 3.92. The lowest BCUT2D eigenvalue weighted by Gasteiger charge is -2.07. The summed E-state index contributed by atoms with van der Waals surface area (Å²) in [6, 6.07) is 15.5. The average Bonchev–Trinajstić information content (AvgIpc) is 2.93. The molecule has 2 heteroatoms. The highest BCUT2D eigenvalue weighted by Gasteiger charge is 2.09. The summed E-state index contributed by atoms with van der Waals surface area (Å²) in [4.78, 5) is 0. The first kappa shape index (κ1) is 13.2. The van der Waals surface area contributed by atoms with Gasteiger partial charge in [0.15, 0.2) is 0 Å². The van der Waals surface area contributed by atoms with Crippen LogP contribution in [0.1, 0.15) is 22.3 Å². The molecule has 1 aliphatic rings. The van der Waals surface area contributed by atoms with Gasteiger partial charge in [0.25, 0.3) is 0 Å². The smallest absolute Gasteiger partial charge is 0.0373 e. The summed E-state index contributed by atoms with van der Waals surface area (Å²) in [6.07, 6.45) is 2.26. The van der Waals surface area contributed by atoms with Crippen molar-refractivity contribution in [3.8, 4) is 0 Å². The zero-order valence-electron chi connectivity index (χ0n) is 12.1. The second-order valence-electron chi connectivity index (χ2n) is 5.58. The van der Waals surface area contributed by atoms with Gasteiger partial charge in [0.2, 0.25) is 0 Å². The number of fused-ring (bicyclic) bond motifs is 1. The molecule has 0 amide bonds. The Morgan fingerprint density at radius 2 is 1.85 bits per heavy atom. The molecule has 0 saturated heterocycles. The van der Waals surface area contributed by atoms with E-state index in [2.05, 4.69) is 60.0 Å². The quantitative estimate of drug-likeness (QED) is 0.811. The second kappa shape index (κ2) is 6.10. The number of hydrogen-bond donors (Lipinski definition) is 2. The number of anilines is 1. The van der Waals surface area contributed by atoms with Crippen molar-refractivity contribution in [1.29, 1.82) is 0 Å². The standard InChI is InChI=1S/C18H22N2/c1-14-2-4-16(5-3-14)13-19-10-8-15-6-7-18-17(12-15)9-11-20-18/h2-7,12,19-20H,8-11,13H2,1H3. The van der Waals surface area contributed by atoms with Crippen LogP contribution in [-0.4, -0.2) is 13.1 Å². The zero-order chi connectivity index (χ0) is 13.8. The Balaban J connectivity index is 1.47. The molecule has 0 atom stereocenters. The van der Waals surface area contributed by atoms with E-state index in [0.717, 1.165) is 26.1 Å². The van der Waals surface area contributed by atoms with E-state index < -0.39 is 0 Å². The summed E-state index contributed by atoms with van der Waals surface area (Å²) in [7, 11) is 0. The Morgan fingerprint density at radius 3 is 2.70 bits per heavy atom. The highest BCUT2D eigenvalue weighted by atomic mass is 14.9. The van der Waals surface area contributed by atoms with Gasteiger partial charge in [0, 0.05) is 18.8 Å². The van der Waals surface area contributed by atoms with Gasteiger partial charge >= 0.3 is 0 Å². The molecule has 0 saturated carbocycles. The van der Waals surface area contributed by atoms with Gasteiger partial charge in [-0.2, -0.15) is 0 Å². The molecular weight excluding hydrogens is 244 g/mol. The molecule has 0 radical (unpaired) electrons. The number of benzene rings is 2. The molecule has 2 nitrogen and oxygen atoms in total. The van der Waals surface area contributed by atoms with E-state index >= 15 is 0 Å². The van der Waals surface area contributed by atoms with Crippen molar-refractivity contribution in [1.82, 2.24) is 5.32 Å². The fourth-order valence-electron chi connectivity index (χ4n) is 2.69. The number of aryl methyl sites for hydroxylation is 1. The lowest BCUT2D eigenvalue weighted by Crippen LogP contribution is -2.16. The first-order valence-corrected chi connectivity index (χ1v) is 7.43. The predicted octanol–water partition coefficient (Wildman–Crippen LogP) is 3.30. The fourth-order valence-corrected chi connectivity index (χ4v) is 2.69. The number of hydrogen-bond acceptors (Lipinski definition) is 2. The molecule has 0 unspecified atom stereocenters. The monoisotopic (exact) mass is 266 g/mol. The van der Waals surface area contributed by atoms with E-state index in [4.69, 9.17) is 0 Å². The SMILES string of the molecule is Cc1ccc(CNCCc2ccc3c(c2)CCN3)cc1. The van der Waals surface area contributed by atoms with Crippen LogP contribution in [0.25, 0.3) is 0 Å². The predicted molar refractivity (Wildman–Crippen MR) is 85.2 cm³/mol. The molecule has 1 aliphatic heterocycles. The molecule has 0 bridgehead atoms. The van der Waals surface area contributed by atoms with Gasteiger partial charge in [0.05, 0.1) is 0 Å². The minimum absolute atomic E-state index is 0.951. The van der Waals surface area contributed by atoms with Crippen molar-refractivity contribution in [2.75, 3.05) is 18.4 Å². The molecule has 0 aromatic heterocycles. The molecule has 0 fully saturated rings. The van der Waals surface area contributed by atoms with Crippen molar-refractivity contribution in [2.24, 2.45) is 0 Å².